The molecule has 0 bridgehead atoms. The van der Waals surface area contributed by atoms with Crippen LogP contribution in [0.1, 0.15) is 30.0 Å². The molecule has 0 saturated carbocycles. The lowest BCUT2D eigenvalue weighted by atomic mass is 10.0. The minimum Gasteiger partial charge on any atom is -0.466 e. The molecular weight excluding hydrogens is 330 g/mol. The molecule has 3 rings (SSSR count). The third-order valence-electron chi connectivity index (χ3n) is 4.94. The number of aromatic nitrogens is 2. The molecule has 1 atom stereocenters. The third kappa shape index (κ3) is 4.31. The number of hydrogen-bond acceptors (Lipinski definition) is 5. The van der Waals surface area contributed by atoms with Crippen LogP contribution in [0.25, 0.3) is 11.3 Å². The zero-order valence-corrected chi connectivity index (χ0v) is 15.7. The molecule has 1 aliphatic heterocycles. The summed E-state index contributed by atoms with van der Waals surface area (Å²) >= 11 is 0. The van der Waals surface area contributed by atoms with Crippen LogP contribution < -0.4 is 0 Å². The van der Waals surface area contributed by atoms with Crippen LogP contribution in [-0.4, -0.2) is 53.5 Å². The van der Waals surface area contributed by atoms with Crippen LogP contribution in [0.4, 0.5) is 0 Å². The first-order valence-corrected chi connectivity index (χ1v) is 9.15. The molecule has 1 fully saturated rings. The predicted molar refractivity (Wildman–Crippen MR) is 99.8 cm³/mol. The van der Waals surface area contributed by atoms with Gasteiger partial charge in [0.25, 0.3) is 0 Å². The number of carbonyl (C=O) groups is 1. The molecule has 1 aliphatic rings. The molecule has 6 heteroatoms. The first-order valence-electron chi connectivity index (χ1n) is 9.15. The van der Waals surface area contributed by atoms with Crippen molar-refractivity contribution < 1.29 is 14.3 Å². The van der Waals surface area contributed by atoms with E-state index < -0.39 is 0 Å². The Bertz CT molecular complexity index is 757. The number of aromatic amines is 1. The molecular formula is C20H27N3O3. The zero-order chi connectivity index (χ0) is 18.5. The van der Waals surface area contributed by atoms with E-state index in [1.165, 1.54) is 11.1 Å². The molecule has 2 heterocycles. The number of H-pyrrole nitrogens is 1. The number of nitrogens with one attached hydrogen (secondary N) is 1. The summed E-state index contributed by atoms with van der Waals surface area (Å²) < 4.78 is 10.7. The van der Waals surface area contributed by atoms with E-state index >= 15 is 0 Å². The molecule has 0 amide bonds. The van der Waals surface area contributed by atoms with Crippen molar-refractivity contribution in [2.75, 3.05) is 26.4 Å². The Morgan fingerprint density at radius 2 is 2.23 bits per heavy atom. The summed E-state index contributed by atoms with van der Waals surface area (Å²) in [6.07, 6.45) is 2.23. The second kappa shape index (κ2) is 8.47. The lowest BCUT2D eigenvalue weighted by molar-refractivity contribution is -0.146. The van der Waals surface area contributed by atoms with E-state index in [2.05, 4.69) is 47.1 Å². The third-order valence-corrected chi connectivity index (χ3v) is 4.94. The second-order valence-corrected chi connectivity index (χ2v) is 6.78. The van der Waals surface area contributed by atoms with Crippen LogP contribution in [0.15, 0.2) is 24.4 Å². The molecule has 26 heavy (non-hydrogen) atoms. The number of benzene rings is 1. The second-order valence-electron chi connectivity index (χ2n) is 6.78. The van der Waals surface area contributed by atoms with Crippen LogP contribution in [0, 0.1) is 13.8 Å². The standard InChI is InChI=1S/C20H27N3O3/c1-4-26-19(24)10-18-13-25-8-7-23(18)12-17-11-21-22-20(17)16-6-5-14(2)15(3)9-16/h5-6,9,11,18H,4,7-8,10,12-13H2,1-3H3,(H,21,22)/t18-/m0/s1. The van der Waals surface area contributed by atoms with Gasteiger partial charge >= 0.3 is 5.97 Å². The number of esters is 1. The molecule has 1 aromatic carbocycles. The average molecular weight is 357 g/mol. The fraction of sp³-hybridized carbons (Fsp3) is 0.500. The van der Waals surface area contributed by atoms with Crippen LogP contribution >= 0.6 is 0 Å². The topological polar surface area (TPSA) is 67.5 Å². The van der Waals surface area contributed by atoms with Gasteiger partial charge in [0, 0.05) is 30.3 Å². The van der Waals surface area contributed by atoms with Crippen molar-refractivity contribution in [2.45, 2.75) is 39.8 Å². The van der Waals surface area contributed by atoms with Crippen LogP contribution in [0.5, 0.6) is 0 Å². The van der Waals surface area contributed by atoms with Gasteiger partial charge in [-0.25, -0.2) is 0 Å². The SMILES string of the molecule is CCOC(=O)C[C@H]1COCCN1Cc1cn[nH]c1-c1ccc(C)c(C)c1. The highest BCUT2D eigenvalue weighted by molar-refractivity contribution is 5.70. The molecule has 0 radical (unpaired) electrons. The molecule has 0 spiro atoms. The first kappa shape index (κ1) is 18.6. The lowest BCUT2D eigenvalue weighted by Crippen LogP contribution is -2.46. The zero-order valence-electron chi connectivity index (χ0n) is 15.7. The van der Waals surface area contributed by atoms with Gasteiger partial charge in [0.15, 0.2) is 0 Å². The highest BCUT2D eigenvalue weighted by atomic mass is 16.5. The summed E-state index contributed by atoms with van der Waals surface area (Å²) in [6, 6.07) is 6.47. The summed E-state index contributed by atoms with van der Waals surface area (Å²) in [7, 11) is 0. The molecule has 1 saturated heterocycles. The molecule has 0 aliphatic carbocycles. The molecule has 0 unspecified atom stereocenters. The van der Waals surface area contributed by atoms with Crippen molar-refractivity contribution in [1.82, 2.24) is 15.1 Å². The Kier molecular flexibility index (Phi) is 6.06. The Labute approximate surface area is 154 Å². The highest BCUT2D eigenvalue weighted by Gasteiger charge is 2.27. The van der Waals surface area contributed by atoms with Crippen molar-refractivity contribution in [3.63, 3.8) is 0 Å². The average Bonchev–Trinajstić information content (AvgIpc) is 3.07. The summed E-state index contributed by atoms with van der Waals surface area (Å²) in [5.74, 6) is -0.172. The van der Waals surface area contributed by atoms with E-state index in [4.69, 9.17) is 9.47 Å². The van der Waals surface area contributed by atoms with Gasteiger partial charge in [-0.3, -0.25) is 14.8 Å². The van der Waals surface area contributed by atoms with E-state index in [-0.39, 0.29) is 12.0 Å². The Balaban J connectivity index is 1.76. The van der Waals surface area contributed by atoms with Crippen molar-refractivity contribution in [3.05, 3.63) is 41.1 Å². The number of hydrogen-bond donors (Lipinski definition) is 1. The van der Waals surface area contributed by atoms with Crippen molar-refractivity contribution >= 4 is 5.97 Å². The minimum absolute atomic E-state index is 0.0327. The van der Waals surface area contributed by atoms with Gasteiger partial charge in [-0.15, -0.1) is 0 Å². The lowest BCUT2D eigenvalue weighted by Gasteiger charge is -2.35. The van der Waals surface area contributed by atoms with Gasteiger partial charge in [0.2, 0.25) is 0 Å². The number of nitrogens with zero attached hydrogens (tertiary/aromatic N) is 2. The summed E-state index contributed by atoms with van der Waals surface area (Å²) in [5.41, 5.74) is 5.83. The van der Waals surface area contributed by atoms with E-state index in [0.29, 0.717) is 26.2 Å². The fourth-order valence-corrected chi connectivity index (χ4v) is 3.29. The highest BCUT2D eigenvalue weighted by Crippen LogP contribution is 2.26. The summed E-state index contributed by atoms with van der Waals surface area (Å²) in [5, 5.41) is 7.39. The number of carbonyl (C=O) groups excluding carboxylic acids is 1. The van der Waals surface area contributed by atoms with Crippen molar-refractivity contribution in [3.8, 4) is 11.3 Å². The fourth-order valence-electron chi connectivity index (χ4n) is 3.29. The smallest absolute Gasteiger partial charge is 0.307 e. The van der Waals surface area contributed by atoms with Gasteiger partial charge in [0.05, 0.1) is 38.1 Å². The van der Waals surface area contributed by atoms with Crippen molar-refractivity contribution in [1.29, 1.82) is 0 Å². The monoisotopic (exact) mass is 357 g/mol. The van der Waals surface area contributed by atoms with Gasteiger partial charge in [0.1, 0.15) is 0 Å². The van der Waals surface area contributed by atoms with Gasteiger partial charge < -0.3 is 9.47 Å². The maximum Gasteiger partial charge on any atom is 0.307 e. The number of morpholine rings is 1. The first-order chi connectivity index (χ1) is 12.6. The minimum atomic E-state index is -0.172. The normalized spacial score (nSPS) is 18.0. The maximum atomic E-state index is 11.9. The summed E-state index contributed by atoms with van der Waals surface area (Å²) in [6.45, 7) is 9.21. The molecule has 1 aromatic heterocycles. The Hall–Kier alpha value is -2.18. The Morgan fingerprint density at radius 3 is 3.00 bits per heavy atom. The molecule has 2 aromatic rings. The van der Waals surface area contributed by atoms with Crippen LogP contribution in [0.2, 0.25) is 0 Å². The van der Waals surface area contributed by atoms with E-state index in [0.717, 1.165) is 29.9 Å². The van der Waals surface area contributed by atoms with Crippen LogP contribution in [-0.2, 0) is 20.8 Å². The maximum absolute atomic E-state index is 11.9. The molecule has 140 valence electrons. The quantitative estimate of drug-likeness (QED) is 0.805. The van der Waals surface area contributed by atoms with E-state index in [9.17, 15) is 4.79 Å². The van der Waals surface area contributed by atoms with Gasteiger partial charge in [-0.2, -0.15) is 5.10 Å². The van der Waals surface area contributed by atoms with Crippen molar-refractivity contribution in [2.24, 2.45) is 0 Å². The van der Waals surface area contributed by atoms with E-state index in [1.807, 2.05) is 13.1 Å². The summed E-state index contributed by atoms with van der Waals surface area (Å²) in [4.78, 5) is 14.2. The number of rotatable bonds is 6. The largest absolute Gasteiger partial charge is 0.466 e. The van der Waals surface area contributed by atoms with Gasteiger partial charge in [-0.1, -0.05) is 12.1 Å². The molecule has 1 N–H and O–H groups in total. The number of ether oxygens (including phenoxy) is 2. The van der Waals surface area contributed by atoms with Crippen LogP contribution in [0.3, 0.4) is 0 Å². The van der Waals surface area contributed by atoms with Gasteiger partial charge in [-0.05, 0) is 38.0 Å². The molecule has 6 nitrogen and oxygen atoms in total. The Morgan fingerprint density at radius 1 is 1.38 bits per heavy atom. The predicted octanol–water partition coefficient (Wildman–Crippen LogP) is 2.85. The van der Waals surface area contributed by atoms with E-state index in [1.54, 1.807) is 0 Å². The number of aryl methyl sites for hydroxylation is 2.